The summed E-state index contributed by atoms with van der Waals surface area (Å²) in [5, 5.41) is 36.5. The summed E-state index contributed by atoms with van der Waals surface area (Å²) in [5.41, 5.74) is 0. The maximum Gasteiger partial charge on any atom is 0.399 e. The van der Waals surface area contributed by atoms with Gasteiger partial charge in [-0.1, -0.05) is 0 Å². The van der Waals surface area contributed by atoms with Crippen molar-refractivity contribution in [2.45, 2.75) is 30.7 Å². The molecule has 0 aromatic rings. The second-order valence-electron chi connectivity index (χ2n) is 3.22. The van der Waals surface area contributed by atoms with Crippen LogP contribution in [0.3, 0.4) is 0 Å². The lowest BCUT2D eigenvalue weighted by molar-refractivity contribution is -0.277. The highest BCUT2D eigenvalue weighted by Crippen LogP contribution is 2.22. The summed E-state index contributed by atoms with van der Waals surface area (Å²) in [6, 6.07) is 0. The van der Waals surface area contributed by atoms with Gasteiger partial charge in [0.15, 0.2) is 0 Å². The lowest BCUT2D eigenvalue weighted by Crippen LogP contribution is -2.59. The fourth-order valence-corrected chi connectivity index (χ4v) is 1.67. The van der Waals surface area contributed by atoms with E-state index < -0.39 is 47.7 Å². The maximum atomic E-state index is 10.4. The van der Waals surface area contributed by atoms with Crippen molar-refractivity contribution in [3.05, 3.63) is 0 Å². The Hall–Kier alpha value is -0.330. The van der Waals surface area contributed by atoms with Crippen LogP contribution in [0.1, 0.15) is 0 Å². The minimum atomic E-state index is -4.89. The van der Waals surface area contributed by atoms with Crippen LogP contribution in [0.4, 0.5) is 0 Å². The molecule has 5 atom stereocenters. The Kier molecular flexibility index (Phi) is 4.20. The summed E-state index contributed by atoms with van der Waals surface area (Å²) in [5.74, 6) is 0. The molecule has 0 unspecified atom stereocenters. The van der Waals surface area contributed by atoms with Gasteiger partial charge in [0, 0.05) is 0 Å². The topological polar surface area (TPSA) is 154 Å². The van der Waals surface area contributed by atoms with E-state index in [1.54, 1.807) is 0 Å². The van der Waals surface area contributed by atoms with Crippen molar-refractivity contribution in [1.29, 1.82) is 0 Å². The Morgan fingerprint density at radius 3 is 2.12 bits per heavy atom. The molecule has 0 amide bonds. The molecular weight excluding hydrogens is 248 g/mol. The first-order valence-electron chi connectivity index (χ1n) is 4.22. The summed E-state index contributed by atoms with van der Waals surface area (Å²) in [4.78, 5) is 0. The molecule has 1 rings (SSSR count). The van der Waals surface area contributed by atoms with E-state index in [2.05, 4.69) is 8.92 Å². The lowest BCUT2D eigenvalue weighted by Gasteiger charge is -2.38. The van der Waals surface area contributed by atoms with Crippen molar-refractivity contribution in [2.24, 2.45) is 0 Å². The summed E-state index contributed by atoms with van der Waals surface area (Å²) in [6.07, 6.45) is -8.46. The Labute approximate surface area is 90.8 Å². The molecule has 96 valence electrons. The van der Waals surface area contributed by atoms with Gasteiger partial charge < -0.3 is 25.2 Å². The summed E-state index contributed by atoms with van der Waals surface area (Å²) >= 11 is 0. The molecule has 0 bridgehead atoms. The quantitative estimate of drug-likeness (QED) is 0.327. The minimum absolute atomic E-state index is 0.726. The van der Waals surface area contributed by atoms with Crippen molar-refractivity contribution in [3.63, 3.8) is 0 Å². The average Bonchev–Trinajstić information content (AvgIpc) is 2.17. The van der Waals surface area contributed by atoms with Crippen molar-refractivity contribution >= 4 is 10.4 Å². The lowest BCUT2D eigenvalue weighted by atomic mass is 10.00. The highest BCUT2D eigenvalue weighted by atomic mass is 32.3. The normalized spacial score (nSPS) is 40.9. The Balaban J connectivity index is 2.79. The van der Waals surface area contributed by atoms with Gasteiger partial charge in [0.1, 0.15) is 24.4 Å². The van der Waals surface area contributed by atoms with Crippen LogP contribution in [0.2, 0.25) is 0 Å². The predicted octanol–water partition coefficient (Wildman–Crippen LogP) is -3.39. The molecule has 1 aliphatic rings. The molecular formula is C6H12O9S. The van der Waals surface area contributed by atoms with Crippen molar-refractivity contribution in [1.82, 2.24) is 0 Å². The van der Waals surface area contributed by atoms with Gasteiger partial charge in [-0.05, 0) is 0 Å². The number of rotatable bonds is 3. The van der Waals surface area contributed by atoms with E-state index in [1.807, 2.05) is 0 Å². The van der Waals surface area contributed by atoms with E-state index in [9.17, 15) is 23.7 Å². The first-order valence-corrected chi connectivity index (χ1v) is 5.59. The van der Waals surface area contributed by atoms with Crippen LogP contribution in [0.25, 0.3) is 0 Å². The van der Waals surface area contributed by atoms with E-state index in [4.69, 9.17) is 9.66 Å². The Morgan fingerprint density at radius 2 is 1.69 bits per heavy atom. The monoisotopic (exact) mass is 260 g/mol. The Morgan fingerprint density at radius 1 is 1.12 bits per heavy atom. The summed E-state index contributed by atoms with van der Waals surface area (Å²) in [6.45, 7) is -0.726. The molecule has 5 N–H and O–H groups in total. The third kappa shape index (κ3) is 3.09. The maximum absolute atomic E-state index is 10.4. The molecule has 1 heterocycles. The predicted molar refractivity (Wildman–Crippen MR) is 46.4 cm³/mol. The molecule has 0 aromatic heterocycles. The van der Waals surface area contributed by atoms with Crippen LogP contribution in [0, 0.1) is 0 Å². The van der Waals surface area contributed by atoms with Crippen LogP contribution < -0.4 is 0 Å². The van der Waals surface area contributed by atoms with Gasteiger partial charge in [-0.2, -0.15) is 8.42 Å². The van der Waals surface area contributed by atoms with Gasteiger partial charge in [-0.3, -0.25) is 4.55 Å². The van der Waals surface area contributed by atoms with Crippen molar-refractivity contribution in [3.8, 4) is 0 Å². The van der Waals surface area contributed by atoms with E-state index in [0.29, 0.717) is 0 Å². The highest BCUT2D eigenvalue weighted by Gasteiger charge is 2.45. The molecule has 16 heavy (non-hydrogen) atoms. The van der Waals surface area contributed by atoms with E-state index in [-0.39, 0.29) is 0 Å². The van der Waals surface area contributed by atoms with Crippen LogP contribution >= 0.6 is 0 Å². The molecule has 0 spiro atoms. The van der Waals surface area contributed by atoms with Gasteiger partial charge in [0.05, 0.1) is 6.61 Å². The van der Waals surface area contributed by atoms with E-state index in [0.717, 1.165) is 0 Å². The number of aliphatic hydroxyl groups excluding tert-OH is 4. The molecule has 0 radical (unpaired) electrons. The molecule has 10 heteroatoms. The number of aliphatic hydroxyl groups is 4. The molecule has 1 aliphatic heterocycles. The fourth-order valence-electron chi connectivity index (χ4n) is 1.27. The van der Waals surface area contributed by atoms with Gasteiger partial charge in [-0.15, -0.1) is 0 Å². The molecule has 1 saturated heterocycles. The third-order valence-corrected chi connectivity index (χ3v) is 2.50. The number of ether oxygens (including phenoxy) is 1. The number of hydrogen-bond donors (Lipinski definition) is 5. The zero-order valence-electron chi connectivity index (χ0n) is 7.87. The first kappa shape index (κ1) is 13.7. The zero-order chi connectivity index (χ0) is 12.5. The second-order valence-corrected chi connectivity index (χ2v) is 4.27. The molecule has 0 aliphatic carbocycles. The molecule has 9 nitrogen and oxygen atoms in total. The SMILES string of the molecule is O=S(=O)(O)O[C@H]1O[C@H](CO)[C@@H](O)[C@H](O)[C@H]1O. The van der Waals surface area contributed by atoms with Gasteiger partial charge in [-0.25, -0.2) is 4.18 Å². The minimum Gasteiger partial charge on any atom is -0.394 e. The van der Waals surface area contributed by atoms with Crippen LogP contribution in [0.15, 0.2) is 0 Å². The van der Waals surface area contributed by atoms with Crippen molar-refractivity contribution < 1.29 is 42.3 Å². The smallest absolute Gasteiger partial charge is 0.394 e. The highest BCUT2D eigenvalue weighted by molar-refractivity contribution is 7.80. The number of hydrogen-bond acceptors (Lipinski definition) is 8. The molecule has 0 aromatic carbocycles. The standard InChI is InChI=1S/C6H12O9S/c7-1-2-3(8)4(9)5(10)6(14-2)15-16(11,12)13/h2-10H,1H2,(H,11,12,13)/t2-,3-,4+,5-,6-/m1/s1. The van der Waals surface area contributed by atoms with Gasteiger partial charge in [0.2, 0.25) is 6.29 Å². The molecule has 1 fully saturated rings. The summed E-state index contributed by atoms with van der Waals surface area (Å²) < 4.78 is 37.6. The second kappa shape index (κ2) is 4.89. The largest absolute Gasteiger partial charge is 0.399 e. The zero-order valence-corrected chi connectivity index (χ0v) is 8.69. The van der Waals surface area contributed by atoms with Crippen LogP contribution in [-0.2, 0) is 19.3 Å². The van der Waals surface area contributed by atoms with Crippen LogP contribution in [-0.4, -0.2) is 70.7 Å². The van der Waals surface area contributed by atoms with Gasteiger partial charge >= 0.3 is 10.4 Å². The van der Waals surface area contributed by atoms with Crippen molar-refractivity contribution in [2.75, 3.05) is 6.61 Å². The average molecular weight is 260 g/mol. The van der Waals surface area contributed by atoms with E-state index >= 15 is 0 Å². The van der Waals surface area contributed by atoms with Crippen LogP contribution in [0.5, 0.6) is 0 Å². The van der Waals surface area contributed by atoms with E-state index in [1.165, 1.54) is 0 Å². The first-order chi connectivity index (χ1) is 7.26. The summed E-state index contributed by atoms with van der Waals surface area (Å²) in [7, 11) is -4.89. The Bertz CT molecular complexity index is 325. The van der Waals surface area contributed by atoms with Gasteiger partial charge in [0.25, 0.3) is 0 Å². The third-order valence-electron chi connectivity index (χ3n) is 2.06. The molecule has 0 saturated carbocycles. The fraction of sp³-hybridized carbons (Fsp3) is 1.00.